The van der Waals surface area contributed by atoms with Crippen LogP contribution in [0.3, 0.4) is 0 Å². The first kappa shape index (κ1) is 21.3. The summed E-state index contributed by atoms with van der Waals surface area (Å²) in [5, 5.41) is 12.3. The van der Waals surface area contributed by atoms with E-state index in [4.69, 9.17) is 16.3 Å². The van der Waals surface area contributed by atoms with E-state index in [-0.39, 0.29) is 6.04 Å². The molecule has 1 unspecified atom stereocenters. The predicted octanol–water partition coefficient (Wildman–Crippen LogP) is 3.42. The summed E-state index contributed by atoms with van der Waals surface area (Å²) in [6.07, 6.45) is 1.86. The zero-order valence-electron chi connectivity index (χ0n) is 17.8. The van der Waals surface area contributed by atoms with Crippen LogP contribution in [0.1, 0.15) is 23.6 Å². The molecule has 1 aliphatic rings. The molecule has 0 bridgehead atoms. The Labute approximate surface area is 187 Å². The quantitative estimate of drug-likeness (QED) is 0.455. The minimum Gasteiger partial charge on any atom is -0.377 e. The van der Waals surface area contributed by atoms with Gasteiger partial charge in [0.1, 0.15) is 12.4 Å². The summed E-state index contributed by atoms with van der Waals surface area (Å²) in [4.78, 5) is 8.95. The number of aryl methyl sites for hydroxylation is 1. The number of nitrogens with one attached hydrogen (secondary N) is 2. The maximum absolute atomic E-state index is 6.05. The lowest BCUT2D eigenvalue weighted by molar-refractivity contribution is 0.177. The van der Waals surface area contributed by atoms with Crippen LogP contribution in [0, 0.1) is 0 Å². The van der Waals surface area contributed by atoms with Gasteiger partial charge in [-0.05, 0) is 35.2 Å². The second kappa shape index (κ2) is 9.94. The number of guanidine groups is 1. The molecule has 0 radical (unpaired) electrons. The van der Waals surface area contributed by atoms with E-state index in [1.165, 1.54) is 11.1 Å². The fourth-order valence-electron chi connectivity index (χ4n) is 3.82. The van der Waals surface area contributed by atoms with E-state index in [2.05, 4.69) is 50.0 Å². The van der Waals surface area contributed by atoms with Crippen molar-refractivity contribution < 1.29 is 4.74 Å². The van der Waals surface area contributed by atoms with Gasteiger partial charge in [-0.25, -0.2) is 9.67 Å². The van der Waals surface area contributed by atoms with Crippen molar-refractivity contribution in [2.75, 3.05) is 14.2 Å². The summed E-state index contributed by atoms with van der Waals surface area (Å²) in [6.45, 7) is 1.86. The molecule has 3 aromatic rings. The molecule has 1 aromatic heterocycles. The Kier molecular flexibility index (Phi) is 6.84. The minimum atomic E-state index is 0.238. The zero-order chi connectivity index (χ0) is 21.6. The smallest absolute Gasteiger partial charge is 0.191 e. The van der Waals surface area contributed by atoms with Crippen LogP contribution < -0.4 is 10.6 Å². The molecule has 1 aliphatic heterocycles. The van der Waals surface area contributed by atoms with Crippen molar-refractivity contribution in [2.24, 2.45) is 4.99 Å². The number of hydrogen-bond donors (Lipinski definition) is 2. The van der Waals surface area contributed by atoms with Crippen molar-refractivity contribution in [3.8, 4) is 11.1 Å². The van der Waals surface area contributed by atoms with E-state index in [1.807, 2.05) is 28.9 Å². The third-order valence-corrected chi connectivity index (χ3v) is 5.61. The monoisotopic (exact) mass is 438 g/mol. The number of rotatable bonds is 6. The second-order valence-corrected chi connectivity index (χ2v) is 7.97. The molecule has 8 heteroatoms. The average Bonchev–Trinajstić information content (AvgIpc) is 3.19. The highest BCUT2D eigenvalue weighted by Gasteiger charge is 2.22. The van der Waals surface area contributed by atoms with E-state index in [0.29, 0.717) is 13.2 Å². The van der Waals surface area contributed by atoms with Gasteiger partial charge in [0.2, 0.25) is 0 Å². The molecule has 0 aliphatic carbocycles. The molecule has 2 aromatic carbocycles. The minimum absolute atomic E-state index is 0.238. The van der Waals surface area contributed by atoms with Gasteiger partial charge in [-0.1, -0.05) is 48.0 Å². The summed E-state index contributed by atoms with van der Waals surface area (Å²) in [5.41, 5.74) is 3.51. The lowest BCUT2D eigenvalue weighted by atomic mass is 10.00. The van der Waals surface area contributed by atoms with Gasteiger partial charge >= 0.3 is 0 Å². The molecule has 4 rings (SSSR count). The maximum atomic E-state index is 6.05. The highest BCUT2D eigenvalue weighted by molar-refractivity contribution is 6.30. The third kappa shape index (κ3) is 5.24. The van der Waals surface area contributed by atoms with Crippen LogP contribution >= 0.6 is 11.6 Å². The van der Waals surface area contributed by atoms with E-state index in [0.717, 1.165) is 47.6 Å². The number of methoxy groups -OCH3 is 1. The molecule has 2 N–H and O–H groups in total. The average molecular weight is 439 g/mol. The Morgan fingerprint density at radius 2 is 2.03 bits per heavy atom. The van der Waals surface area contributed by atoms with E-state index < -0.39 is 0 Å². The summed E-state index contributed by atoms with van der Waals surface area (Å²) < 4.78 is 7.12. The number of fused-ring (bicyclic) bond motifs is 1. The summed E-state index contributed by atoms with van der Waals surface area (Å²) >= 11 is 6.05. The molecule has 162 valence electrons. The standard InChI is InChI=1S/C23H27ClN6O/c1-25-23(27-19-11-12-22-28-21(15-31-2)29-30(22)14-19)26-13-17-5-3-4-6-20(17)16-7-9-18(24)10-8-16/h3-10,19H,11-15H2,1-2H3,(H2,25,26,27). The molecular weight excluding hydrogens is 412 g/mol. The normalized spacial score (nSPS) is 16.1. The van der Waals surface area contributed by atoms with Gasteiger partial charge < -0.3 is 15.4 Å². The molecule has 0 amide bonds. The molecule has 31 heavy (non-hydrogen) atoms. The van der Waals surface area contributed by atoms with Crippen molar-refractivity contribution >= 4 is 17.6 Å². The van der Waals surface area contributed by atoms with Gasteiger partial charge in [0.25, 0.3) is 0 Å². The second-order valence-electron chi connectivity index (χ2n) is 7.53. The zero-order valence-corrected chi connectivity index (χ0v) is 18.6. The molecule has 2 heterocycles. The Bertz CT molecular complexity index is 1050. The number of aromatic nitrogens is 3. The lowest BCUT2D eigenvalue weighted by Gasteiger charge is -2.25. The van der Waals surface area contributed by atoms with Crippen molar-refractivity contribution in [3.63, 3.8) is 0 Å². The van der Waals surface area contributed by atoms with Gasteiger partial charge in [0, 0.05) is 38.2 Å². The molecule has 0 saturated heterocycles. The third-order valence-electron chi connectivity index (χ3n) is 5.36. The van der Waals surface area contributed by atoms with Gasteiger partial charge in [0.15, 0.2) is 11.8 Å². The molecular formula is C23H27ClN6O. The SMILES string of the molecule is CN=C(NCc1ccccc1-c1ccc(Cl)cc1)NC1CCc2nc(COC)nn2C1. The van der Waals surface area contributed by atoms with Crippen molar-refractivity contribution in [1.82, 2.24) is 25.4 Å². The number of benzene rings is 2. The summed E-state index contributed by atoms with van der Waals surface area (Å²) in [7, 11) is 3.45. The molecule has 0 spiro atoms. The molecule has 1 atom stereocenters. The van der Waals surface area contributed by atoms with Gasteiger partial charge in [-0.15, -0.1) is 0 Å². The topological polar surface area (TPSA) is 76.4 Å². The Morgan fingerprint density at radius 1 is 1.23 bits per heavy atom. The number of aliphatic imine (C=N–C) groups is 1. The molecule has 7 nitrogen and oxygen atoms in total. The van der Waals surface area contributed by atoms with Gasteiger partial charge in [0.05, 0.1) is 6.54 Å². The van der Waals surface area contributed by atoms with Crippen LogP contribution in [0.25, 0.3) is 11.1 Å². The lowest BCUT2D eigenvalue weighted by Crippen LogP contribution is -2.46. The Hall–Kier alpha value is -2.90. The van der Waals surface area contributed by atoms with Crippen molar-refractivity contribution in [3.05, 3.63) is 70.8 Å². The number of nitrogens with zero attached hydrogens (tertiary/aromatic N) is 4. The van der Waals surface area contributed by atoms with Crippen molar-refractivity contribution in [1.29, 1.82) is 0 Å². The Balaban J connectivity index is 1.39. The highest BCUT2D eigenvalue weighted by atomic mass is 35.5. The summed E-state index contributed by atoms with van der Waals surface area (Å²) in [6, 6.07) is 16.5. The van der Waals surface area contributed by atoms with Crippen LogP contribution in [-0.4, -0.2) is 40.9 Å². The summed E-state index contributed by atoms with van der Waals surface area (Å²) in [5.74, 6) is 2.53. The number of ether oxygens (including phenoxy) is 1. The van der Waals surface area contributed by atoms with Gasteiger partial charge in [-0.2, -0.15) is 5.10 Å². The number of halogens is 1. The maximum Gasteiger partial charge on any atom is 0.191 e. The molecule has 0 fully saturated rings. The van der Waals surface area contributed by atoms with E-state index in [9.17, 15) is 0 Å². The predicted molar refractivity (Wildman–Crippen MR) is 123 cm³/mol. The van der Waals surface area contributed by atoms with Crippen LogP contribution in [0.15, 0.2) is 53.5 Å². The first-order valence-electron chi connectivity index (χ1n) is 10.4. The van der Waals surface area contributed by atoms with Crippen molar-refractivity contribution in [2.45, 2.75) is 38.6 Å². The highest BCUT2D eigenvalue weighted by Crippen LogP contribution is 2.25. The fourth-order valence-corrected chi connectivity index (χ4v) is 3.95. The van der Waals surface area contributed by atoms with Crippen LogP contribution in [0.4, 0.5) is 0 Å². The van der Waals surface area contributed by atoms with Crippen LogP contribution in [-0.2, 0) is 30.9 Å². The van der Waals surface area contributed by atoms with Gasteiger partial charge in [-0.3, -0.25) is 4.99 Å². The van der Waals surface area contributed by atoms with E-state index >= 15 is 0 Å². The number of hydrogen-bond acceptors (Lipinski definition) is 4. The van der Waals surface area contributed by atoms with E-state index in [1.54, 1.807) is 14.2 Å². The Morgan fingerprint density at radius 3 is 2.81 bits per heavy atom. The first-order chi connectivity index (χ1) is 15.2. The van der Waals surface area contributed by atoms with Crippen LogP contribution in [0.5, 0.6) is 0 Å². The fraction of sp³-hybridized carbons (Fsp3) is 0.348. The molecule has 0 saturated carbocycles. The first-order valence-corrected chi connectivity index (χ1v) is 10.8. The van der Waals surface area contributed by atoms with Crippen LogP contribution in [0.2, 0.25) is 5.02 Å². The largest absolute Gasteiger partial charge is 0.377 e.